The first-order chi connectivity index (χ1) is 11.6. The van der Waals surface area contributed by atoms with Crippen LogP contribution in [0.25, 0.3) is 0 Å². The minimum Gasteiger partial charge on any atom is -0.357 e. The standard InChI is InChI=1S/C16H22Cl2N6.HI/c1-3-15-23-22-11-24(15)8-7-20-16(19-4-2)21-10-12-5-6-13(17)9-14(12)18;/h5-6,9,11H,3-4,7-8,10H2,1-2H3,(H2,19,20,21);1H. The predicted molar refractivity (Wildman–Crippen MR) is 114 cm³/mol. The summed E-state index contributed by atoms with van der Waals surface area (Å²) >= 11 is 12.1. The molecule has 1 aromatic heterocycles. The van der Waals surface area contributed by atoms with Crippen LogP contribution >= 0.6 is 47.2 Å². The maximum Gasteiger partial charge on any atom is 0.191 e. The van der Waals surface area contributed by atoms with E-state index in [1.165, 1.54) is 0 Å². The second kappa shape index (κ2) is 11.5. The fraction of sp³-hybridized carbons (Fsp3) is 0.438. The molecule has 0 aliphatic carbocycles. The molecule has 1 heterocycles. The average Bonchev–Trinajstić information content (AvgIpc) is 3.01. The van der Waals surface area contributed by atoms with Crippen LogP contribution in [-0.4, -0.2) is 33.8 Å². The number of benzene rings is 1. The Bertz CT molecular complexity index is 689. The molecule has 0 aliphatic rings. The SMILES string of the molecule is CCNC(=NCc1ccc(Cl)cc1Cl)NCCn1cnnc1CC.I. The highest BCUT2D eigenvalue weighted by Crippen LogP contribution is 2.21. The number of aryl methyl sites for hydroxylation is 1. The number of hydrogen-bond donors (Lipinski definition) is 2. The average molecular weight is 497 g/mol. The van der Waals surface area contributed by atoms with Crippen molar-refractivity contribution >= 4 is 53.1 Å². The zero-order chi connectivity index (χ0) is 17.4. The van der Waals surface area contributed by atoms with Crippen molar-refractivity contribution in [1.82, 2.24) is 25.4 Å². The molecule has 2 rings (SSSR count). The Balaban J connectivity index is 0.00000312. The molecule has 1 aromatic carbocycles. The third-order valence-electron chi connectivity index (χ3n) is 3.42. The Labute approximate surface area is 175 Å². The monoisotopic (exact) mass is 496 g/mol. The van der Waals surface area contributed by atoms with Crippen LogP contribution in [0.4, 0.5) is 0 Å². The first kappa shape index (κ1) is 22.0. The minimum atomic E-state index is 0. The van der Waals surface area contributed by atoms with Crippen LogP contribution in [0, 0.1) is 0 Å². The van der Waals surface area contributed by atoms with E-state index in [9.17, 15) is 0 Å². The maximum absolute atomic E-state index is 6.18. The lowest BCUT2D eigenvalue weighted by Crippen LogP contribution is -2.38. The Morgan fingerprint density at radius 3 is 2.72 bits per heavy atom. The van der Waals surface area contributed by atoms with E-state index in [-0.39, 0.29) is 24.0 Å². The van der Waals surface area contributed by atoms with E-state index < -0.39 is 0 Å². The van der Waals surface area contributed by atoms with Gasteiger partial charge in [0.25, 0.3) is 0 Å². The molecule has 0 spiro atoms. The van der Waals surface area contributed by atoms with Gasteiger partial charge in [-0.05, 0) is 24.6 Å². The van der Waals surface area contributed by atoms with Gasteiger partial charge in [-0.2, -0.15) is 0 Å². The van der Waals surface area contributed by atoms with Gasteiger partial charge in [-0.1, -0.05) is 36.2 Å². The van der Waals surface area contributed by atoms with Gasteiger partial charge in [0.05, 0.1) is 6.54 Å². The molecular weight excluding hydrogens is 474 g/mol. The van der Waals surface area contributed by atoms with Crippen molar-refractivity contribution in [2.45, 2.75) is 33.4 Å². The van der Waals surface area contributed by atoms with Gasteiger partial charge in [0.2, 0.25) is 0 Å². The van der Waals surface area contributed by atoms with Gasteiger partial charge >= 0.3 is 0 Å². The summed E-state index contributed by atoms with van der Waals surface area (Å²) in [4.78, 5) is 4.56. The van der Waals surface area contributed by atoms with E-state index in [1.807, 2.05) is 23.6 Å². The van der Waals surface area contributed by atoms with Crippen LogP contribution in [0.15, 0.2) is 29.5 Å². The fourth-order valence-electron chi connectivity index (χ4n) is 2.19. The number of nitrogens with one attached hydrogen (secondary N) is 2. The number of guanidine groups is 1. The summed E-state index contributed by atoms with van der Waals surface area (Å²) in [5.41, 5.74) is 0.936. The fourth-order valence-corrected chi connectivity index (χ4v) is 2.66. The van der Waals surface area contributed by atoms with Crippen LogP contribution < -0.4 is 10.6 Å². The first-order valence-electron chi connectivity index (χ1n) is 7.96. The zero-order valence-corrected chi connectivity index (χ0v) is 18.1. The lowest BCUT2D eigenvalue weighted by Gasteiger charge is -2.12. The second-order valence-electron chi connectivity index (χ2n) is 5.15. The summed E-state index contributed by atoms with van der Waals surface area (Å²) in [5, 5.41) is 15.8. The largest absolute Gasteiger partial charge is 0.357 e. The van der Waals surface area contributed by atoms with Crippen LogP contribution in [0.3, 0.4) is 0 Å². The van der Waals surface area contributed by atoms with Crippen molar-refractivity contribution < 1.29 is 0 Å². The summed E-state index contributed by atoms with van der Waals surface area (Å²) in [6.07, 6.45) is 2.61. The zero-order valence-electron chi connectivity index (χ0n) is 14.3. The second-order valence-corrected chi connectivity index (χ2v) is 6.00. The number of aromatic nitrogens is 3. The molecule has 2 N–H and O–H groups in total. The lowest BCUT2D eigenvalue weighted by atomic mass is 10.2. The highest BCUT2D eigenvalue weighted by molar-refractivity contribution is 14.0. The van der Waals surface area contributed by atoms with Crippen LogP contribution in [0.5, 0.6) is 0 Å². The Hall–Kier alpha value is -1.06. The highest BCUT2D eigenvalue weighted by Gasteiger charge is 2.04. The van der Waals surface area contributed by atoms with Crippen molar-refractivity contribution in [3.63, 3.8) is 0 Å². The van der Waals surface area contributed by atoms with Gasteiger partial charge in [0.1, 0.15) is 12.2 Å². The van der Waals surface area contributed by atoms with Gasteiger partial charge < -0.3 is 15.2 Å². The van der Waals surface area contributed by atoms with Gasteiger partial charge in [-0.25, -0.2) is 4.99 Å². The van der Waals surface area contributed by atoms with Gasteiger partial charge in [0, 0.05) is 36.1 Å². The molecule has 0 amide bonds. The molecule has 9 heteroatoms. The molecule has 0 aliphatic heterocycles. The van der Waals surface area contributed by atoms with E-state index >= 15 is 0 Å². The third kappa shape index (κ3) is 6.99. The summed E-state index contributed by atoms with van der Waals surface area (Å²) in [6.45, 7) is 6.87. The molecule has 0 saturated carbocycles. The molecule has 138 valence electrons. The summed E-state index contributed by atoms with van der Waals surface area (Å²) in [7, 11) is 0. The van der Waals surface area contributed by atoms with Crippen molar-refractivity contribution in [1.29, 1.82) is 0 Å². The van der Waals surface area contributed by atoms with Crippen LogP contribution in [0.1, 0.15) is 25.2 Å². The number of hydrogen-bond acceptors (Lipinski definition) is 3. The van der Waals surface area contributed by atoms with E-state index in [1.54, 1.807) is 12.4 Å². The number of rotatable bonds is 7. The minimum absolute atomic E-state index is 0. The quantitative estimate of drug-likeness (QED) is 0.349. The Morgan fingerprint density at radius 1 is 1.24 bits per heavy atom. The summed E-state index contributed by atoms with van der Waals surface area (Å²) < 4.78 is 2.03. The molecule has 0 saturated heterocycles. The van der Waals surface area contributed by atoms with E-state index in [0.717, 1.165) is 43.4 Å². The third-order valence-corrected chi connectivity index (χ3v) is 4.01. The maximum atomic E-state index is 6.18. The predicted octanol–water partition coefficient (Wildman–Crippen LogP) is 3.52. The Morgan fingerprint density at radius 2 is 2.04 bits per heavy atom. The smallest absolute Gasteiger partial charge is 0.191 e. The molecule has 0 unspecified atom stereocenters. The molecule has 0 radical (unpaired) electrons. The molecule has 6 nitrogen and oxygen atoms in total. The summed E-state index contributed by atoms with van der Waals surface area (Å²) in [6, 6.07) is 5.44. The summed E-state index contributed by atoms with van der Waals surface area (Å²) in [5.74, 6) is 1.72. The number of aliphatic imine (C=N–C) groups is 1. The Kier molecular flexibility index (Phi) is 10.1. The van der Waals surface area contributed by atoms with Gasteiger partial charge in [0.15, 0.2) is 5.96 Å². The molecular formula is C16H23Cl2IN6. The van der Waals surface area contributed by atoms with Gasteiger partial charge in [-0.15, -0.1) is 34.2 Å². The molecule has 25 heavy (non-hydrogen) atoms. The molecule has 2 aromatic rings. The lowest BCUT2D eigenvalue weighted by molar-refractivity contribution is 0.632. The van der Waals surface area contributed by atoms with Crippen molar-refractivity contribution in [3.05, 3.63) is 46.0 Å². The molecule has 0 bridgehead atoms. The van der Waals surface area contributed by atoms with Gasteiger partial charge in [-0.3, -0.25) is 0 Å². The highest BCUT2D eigenvalue weighted by atomic mass is 127. The topological polar surface area (TPSA) is 67.1 Å². The van der Waals surface area contributed by atoms with E-state index in [0.29, 0.717) is 16.6 Å². The normalized spacial score (nSPS) is 11.1. The van der Waals surface area contributed by atoms with Crippen LogP contribution in [-0.2, 0) is 19.5 Å². The number of halogens is 3. The van der Waals surface area contributed by atoms with E-state index in [2.05, 4.69) is 32.7 Å². The van der Waals surface area contributed by atoms with Crippen molar-refractivity contribution in [3.8, 4) is 0 Å². The van der Waals surface area contributed by atoms with Crippen molar-refractivity contribution in [2.24, 2.45) is 4.99 Å². The van der Waals surface area contributed by atoms with E-state index in [4.69, 9.17) is 23.2 Å². The number of nitrogens with zero attached hydrogens (tertiary/aromatic N) is 4. The molecule has 0 fully saturated rings. The van der Waals surface area contributed by atoms with Crippen molar-refractivity contribution in [2.75, 3.05) is 13.1 Å². The molecule has 0 atom stereocenters. The first-order valence-corrected chi connectivity index (χ1v) is 8.72. The van der Waals surface area contributed by atoms with Crippen LogP contribution in [0.2, 0.25) is 10.0 Å².